The van der Waals surface area contributed by atoms with Gasteiger partial charge in [0.1, 0.15) is 23.2 Å². The van der Waals surface area contributed by atoms with Crippen molar-refractivity contribution >= 4 is 23.1 Å². The Morgan fingerprint density at radius 1 is 1.15 bits per heavy atom. The van der Waals surface area contributed by atoms with Gasteiger partial charge in [-0.05, 0) is 48.7 Å². The van der Waals surface area contributed by atoms with Gasteiger partial charge in [0.05, 0.1) is 17.1 Å². The zero-order valence-corrected chi connectivity index (χ0v) is 18.2. The fourth-order valence-corrected chi connectivity index (χ4v) is 4.14. The second kappa shape index (κ2) is 9.49. The first-order chi connectivity index (χ1) is 16.0. The van der Waals surface area contributed by atoms with Crippen molar-refractivity contribution in [2.24, 2.45) is 5.73 Å². The maximum Gasteiger partial charge on any atom is 0.219 e. The summed E-state index contributed by atoms with van der Waals surface area (Å²) in [5, 5.41) is 23.4. The molecule has 1 saturated heterocycles. The van der Waals surface area contributed by atoms with Gasteiger partial charge in [-0.25, -0.2) is 4.98 Å². The molecule has 6 N–H and O–H groups in total. The van der Waals surface area contributed by atoms with Gasteiger partial charge in [0.25, 0.3) is 0 Å². The first-order valence-electron chi connectivity index (χ1n) is 10.9. The van der Waals surface area contributed by atoms with Gasteiger partial charge in [-0.15, -0.1) is 0 Å². The molecule has 2 heterocycles. The van der Waals surface area contributed by atoms with Crippen molar-refractivity contribution in [3.05, 3.63) is 54.1 Å². The Kier molecular flexibility index (Phi) is 6.31. The van der Waals surface area contributed by atoms with Crippen LogP contribution in [0.5, 0.6) is 5.75 Å². The number of hydrogen-bond acceptors (Lipinski definition) is 7. The normalized spacial score (nSPS) is 13.0. The molecule has 0 unspecified atom stereocenters. The average Bonchev–Trinajstić information content (AvgIpc) is 3.33. The van der Waals surface area contributed by atoms with Crippen LogP contribution in [0.15, 0.2) is 48.5 Å². The number of primary amides is 1. The number of benzene rings is 2. The van der Waals surface area contributed by atoms with E-state index in [9.17, 15) is 15.2 Å². The van der Waals surface area contributed by atoms with Crippen LogP contribution in [-0.2, 0) is 4.79 Å². The van der Waals surface area contributed by atoms with Gasteiger partial charge in [0, 0.05) is 37.2 Å². The standard InChI is InChI=1S/C25H26N6O2/c26-15-19-18(14-20(30-25(19)28)17-5-1-2-6-23(17)32)16-7-8-22(31-11-3-4-12-31)21(13-16)29-10-9-24(27)33/h1-2,5-8,13-14,29,32H,3-4,9-12H2,(H2,27,33)(H2,28,30). The summed E-state index contributed by atoms with van der Waals surface area (Å²) in [5.74, 6) is -0.194. The number of amides is 1. The van der Waals surface area contributed by atoms with Crippen LogP contribution in [0.1, 0.15) is 24.8 Å². The number of para-hydroxylation sites is 1. The third-order valence-corrected chi connectivity index (χ3v) is 5.78. The number of anilines is 3. The molecule has 168 valence electrons. The van der Waals surface area contributed by atoms with E-state index in [1.54, 1.807) is 30.3 Å². The molecule has 1 aromatic heterocycles. The van der Waals surface area contributed by atoms with Crippen LogP contribution >= 0.6 is 0 Å². The summed E-state index contributed by atoms with van der Waals surface area (Å²) in [6.45, 7) is 2.34. The van der Waals surface area contributed by atoms with E-state index in [-0.39, 0.29) is 29.5 Å². The third-order valence-electron chi connectivity index (χ3n) is 5.78. The minimum Gasteiger partial charge on any atom is -0.507 e. The number of rotatable bonds is 7. The maximum atomic E-state index is 11.2. The van der Waals surface area contributed by atoms with Crippen LogP contribution in [0, 0.1) is 11.3 Å². The molecule has 0 spiro atoms. The van der Waals surface area contributed by atoms with Gasteiger partial charge in [0.2, 0.25) is 5.91 Å². The van der Waals surface area contributed by atoms with Crippen LogP contribution < -0.4 is 21.7 Å². The molecular formula is C25H26N6O2. The molecule has 0 bridgehead atoms. The van der Waals surface area contributed by atoms with E-state index >= 15 is 0 Å². The number of carbonyl (C=O) groups excluding carboxylic acids is 1. The Hall–Kier alpha value is -4.25. The van der Waals surface area contributed by atoms with Gasteiger partial charge >= 0.3 is 0 Å². The minimum absolute atomic E-state index is 0.0817. The zero-order chi connectivity index (χ0) is 23.4. The van der Waals surface area contributed by atoms with Crippen molar-refractivity contribution in [3.63, 3.8) is 0 Å². The van der Waals surface area contributed by atoms with Crippen molar-refractivity contribution in [1.29, 1.82) is 5.26 Å². The predicted molar refractivity (Wildman–Crippen MR) is 130 cm³/mol. The van der Waals surface area contributed by atoms with Crippen molar-refractivity contribution in [2.75, 3.05) is 35.6 Å². The molecule has 8 nitrogen and oxygen atoms in total. The van der Waals surface area contributed by atoms with Crippen LogP contribution in [-0.4, -0.2) is 35.6 Å². The molecule has 1 aliphatic rings. The topological polar surface area (TPSA) is 141 Å². The molecule has 0 radical (unpaired) electrons. The van der Waals surface area contributed by atoms with Crippen LogP contribution in [0.3, 0.4) is 0 Å². The summed E-state index contributed by atoms with van der Waals surface area (Å²) in [5.41, 5.74) is 16.0. The van der Waals surface area contributed by atoms with E-state index < -0.39 is 0 Å². The summed E-state index contributed by atoms with van der Waals surface area (Å²) in [7, 11) is 0. The Bertz CT molecular complexity index is 1230. The summed E-state index contributed by atoms with van der Waals surface area (Å²) < 4.78 is 0. The number of aromatic hydroxyl groups is 1. The highest BCUT2D eigenvalue weighted by molar-refractivity contribution is 5.85. The number of phenols is 1. The summed E-state index contributed by atoms with van der Waals surface area (Å²) in [4.78, 5) is 17.9. The lowest BCUT2D eigenvalue weighted by atomic mass is 9.97. The molecule has 1 amide bonds. The number of aromatic nitrogens is 1. The van der Waals surface area contributed by atoms with E-state index in [0.29, 0.717) is 23.4 Å². The lowest BCUT2D eigenvalue weighted by Gasteiger charge is -2.23. The second-order valence-corrected chi connectivity index (χ2v) is 8.01. The number of nitrogens with one attached hydrogen (secondary N) is 1. The lowest BCUT2D eigenvalue weighted by Crippen LogP contribution is -2.21. The second-order valence-electron chi connectivity index (χ2n) is 8.01. The van der Waals surface area contributed by atoms with Crippen molar-refractivity contribution in [3.8, 4) is 34.2 Å². The molecule has 33 heavy (non-hydrogen) atoms. The molecule has 4 rings (SSSR count). The predicted octanol–water partition coefficient (Wildman–Crippen LogP) is 3.46. The van der Waals surface area contributed by atoms with E-state index in [1.165, 1.54) is 0 Å². The van der Waals surface area contributed by atoms with Crippen molar-refractivity contribution in [1.82, 2.24) is 4.98 Å². The monoisotopic (exact) mass is 442 g/mol. The summed E-state index contributed by atoms with van der Waals surface area (Å²) in [6.07, 6.45) is 2.48. The molecular weight excluding hydrogens is 416 g/mol. The number of pyridine rings is 1. The van der Waals surface area contributed by atoms with Crippen LogP contribution in [0.4, 0.5) is 17.2 Å². The quantitative estimate of drug-likeness (QED) is 0.439. The highest BCUT2D eigenvalue weighted by Crippen LogP contribution is 2.38. The zero-order valence-electron chi connectivity index (χ0n) is 18.2. The first kappa shape index (κ1) is 22.0. The first-order valence-corrected chi connectivity index (χ1v) is 10.9. The fourth-order valence-electron chi connectivity index (χ4n) is 4.14. The lowest BCUT2D eigenvalue weighted by molar-refractivity contribution is -0.117. The van der Waals surface area contributed by atoms with Gasteiger partial charge in [-0.1, -0.05) is 18.2 Å². The third kappa shape index (κ3) is 4.67. The smallest absolute Gasteiger partial charge is 0.219 e. The van der Waals surface area contributed by atoms with E-state index in [4.69, 9.17) is 11.5 Å². The SMILES string of the molecule is N#Cc1c(-c2ccc(N3CCCC3)c(NCCC(N)=O)c2)cc(-c2ccccc2O)nc1N. The number of nitrogens with zero attached hydrogens (tertiary/aromatic N) is 3. The van der Waals surface area contributed by atoms with Crippen LogP contribution in [0.25, 0.3) is 22.4 Å². The summed E-state index contributed by atoms with van der Waals surface area (Å²) in [6, 6.07) is 16.7. The van der Waals surface area contributed by atoms with Crippen LogP contribution in [0.2, 0.25) is 0 Å². The highest BCUT2D eigenvalue weighted by atomic mass is 16.3. The van der Waals surface area contributed by atoms with Gasteiger partial charge < -0.3 is 26.8 Å². The van der Waals surface area contributed by atoms with Gasteiger partial charge in [-0.2, -0.15) is 5.26 Å². The number of hydrogen-bond donors (Lipinski definition) is 4. The van der Waals surface area contributed by atoms with Crippen molar-refractivity contribution in [2.45, 2.75) is 19.3 Å². The molecule has 1 fully saturated rings. The van der Waals surface area contributed by atoms with Gasteiger partial charge in [-0.3, -0.25) is 4.79 Å². The Morgan fingerprint density at radius 3 is 2.61 bits per heavy atom. The number of nitriles is 1. The Balaban J connectivity index is 1.81. The van der Waals surface area contributed by atoms with E-state index in [0.717, 1.165) is 42.9 Å². The van der Waals surface area contributed by atoms with E-state index in [2.05, 4.69) is 21.3 Å². The molecule has 0 saturated carbocycles. The largest absolute Gasteiger partial charge is 0.507 e. The molecule has 0 atom stereocenters. The number of nitrogens with two attached hydrogens (primary N) is 2. The Morgan fingerprint density at radius 2 is 1.91 bits per heavy atom. The molecule has 2 aromatic carbocycles. The number of carbonyl (C=O) groups is 1. The molecule has 1 aliphatic heterocycles. The average molecular weight is 443 g/mol. The molecule has 8 heteroatoms. The Labute approximate surface area is 192 Å². The highest BCUT2D eigenvalue weighted by Gasteiger charge is 2.19. The molecule has 3 aromatic rings. The van der Waals surface area contributed by atoms with Gasteiger partial charge in [0.15, 0.2) is 0 Å². The van der Waals surface area contributed by atoms with Crippen molar-refractivity contribution < 1.29 is 9.90 Å². The number of nitrogen functional groups attached to an aromatic ring is 1. The minimum atomic E-state index is -0.373. The van der Waals surface area contributed by atoms with E-state index in [1.807, 2.05) is 18.2 Å². The number of phenolic OH excluding ortho intramolecular Hbond substituents is 1. The maximum absolute atomic E-state index is 11.2. The molecule has 0 aliphatic carbocycles. The summed E-state index contributed by atoms with van der Waals surface area (Å²) >= 11 is 0. The fraction of sp³-hybridized carbons (Fsp3) is 0.240.